The number of anilines is 2. The molecule has 4 aromatic rings. The molecule has 2 fully saturated rings. The number of pyridine rings is 1. The summed E-state index contributed by atoms with van der Waals surface area (Å²) >= 11 is 0. The van der Waals surface area contributed by atoms with Crippen molar-refractivity contribution in [2.24, 2.45) is 23.3 Å². The molecule has 1 aliphatic carbocycles. The summed E-state index contributed by atoms with van der Waals surface area (Å²) in [6.45, 7) is 4.57. The van der Waals surface area contributed by atoms with Crippen LogP contribution in [0.1, 0.15) is 31.2 Å². The van der Waals surface area contributed by atoms with Gasteiger partial charge in [0.1, 0.15) is 11.9 Å². The predicted molar refractivity (Wildman–Crippen MR) is 185 cm³/mol. The molecule has 5 N–H and O–H groups in total. The number of likely N-dealkylation sites (N-methyl/N-ethyl adjacent to an activating group) is 1. The van der Waals surface area contributed by atoms with Crippen molar-refractivity contribution in [1.82, 2.24) is 30.5 Å². The number of H-pyrrole nitrogens is 1. The molecule has 1 saturated heterocycles. The molecule has 0 radical (unpaired) electrons. The molecule has 12 nitrogen and oxygen atoms in total. The highest BCUT2D eigenvalue weighted by atomic mass is 35.5. The molecule has 2 aliphatic rings. The molecule has 248 valence electrons. The van der Waals surface area contributed by atoms with Gasteiger partial charge in [-0.25, -0.2) is 4.98 Å². The Bertz CT molecular complexity index is 1600. The molecule has 1 atom stereocenters. The largest absolute Gasteiger partial charge is 0.368 e. The number of carbonyl (C=O) groups is 2. The molecule has 2 aromatic heterocycles. The summed E-state index contributed by atoms with van der Waals surface area (Å²) in [5, 5.41) is 14.2. The number of hydrogen-bond donors (Lipinski definition) is 3. The van der Waals surface area contributed by atoms with E-state index in [-0.39, 0.29) is 30.7 Å². The average Bonchev–Trinajstić information content (AvgIpc) is 3.64. The zero-order valence-corrected chi connectivity index (χ0v) is 27.5. The zero-order chi connectivity index (χ0) is 32.0. The third-order valence-electron chi connectivity index (χ3n) is 9.42. The van der Waals surface area contributed by atoms with E-state index in [4.69, 9.17) is 16.5 Å². The molecule has 0 spiro atoms. The van der Waals surface area contributed by atoms with E-state index in [1.807, 2.05) is 48.7 Å². The van der Waals surface area contributed by atoms with Gasteiger partial charge in [0.05, 0.1) is 0 Å². The number of carbonyl (C=O) groups excluding carboxylic acids is 2. The molecule has 2 amide bonds. The molecule has 47 heavy (non-hydrogen) atoms. The first-order chi connectivity index (χ1) is 22.4. The SMILES string of the molecule is CN1CCN(c2ccc(-c3cccc(C[C@@H](C(N)=O)N(C(=O)C4CCC(CN)CC4)c4ccc(-c5nn[nH]n5)cc4)c3)cn2)CC1.Cl. The maximum Gasteiger partial charge on any atom is 0.240 e. The monoisotopic (exact) mass is 658 g/mol. The second-order valence-electron chi connectivity index (χ2n) is 12.5. The van der Waals surface area contributed by atoms with Crippen LogP contribution >= 0.6 is 12.4 Å². The first-order valence-electron chi connectivity index (χ1n) is 16.0. The Morgan fingerprint density at radius 1 is 0.957 bits per heavy atom. The van der Waals surface area contributed by atoms with Gasteiger partial charge < -0.3 is 21.3 Å². The van der Waals surface area contributed by atoms with Crippen LogP contribution in [-0.2, 0) is 16.0 Å². The van der Waals surface area contributed by atoms with Crippen LogP contribution in [0.3, 0.4) is 0 Å². The van der Waals surface area contributed by atoms with Crippen LogP contribution in [0, 0.1) is 11.8 Å². The number of tetrazole rings is 1. The van der Waals surface area contributed by atoms with Gasteiger partial charge in [-0.2, -0.15) is 5.21 Å². The number of aromatic nitrogens is 5. The minimum atomic E-state index is -0.885. The molecule has 1 aliphatic heterocycles. The van der Waals surface area contributed by atoms with E-state index in [9.17, 15) is 9.59 Å². The van der Waals surface area contributed by atoms with Crippen LogP contribution in [0.25, 0.3) is 22.5 Å². The molecule has 2 aromatic carbocycles. The maximum absolute atomic E-state index is 14.2. The summed E-state index contributed by atoms with van der Waals surface area (Å²) in [5.41, 5.74) is 16.2. The highest BCUT2D eigenvalue weighted by Crippen LogP contribution is 2.33. The fourth-order valence-corrected chi connectivity index (χ4v) is 6.56. The number of piperazine rings is 1. The van der Waals surface area contributed by atoms with Crippen LogP contribution in [-0.4, -0.2) is 88.1 Å². The Hall–Kier alpha value is -4.39. The van der Waals surface area contributed by atoms with Crippen LogP contribution in [0.15, 0.2) is 66.9 Å². The minimum absolute atomic E-state index is 0. The standard InChI is InChI=1S/C34H42N10O2.ClH/c1-42-15-17-43(18-16-42)31-14-11-28(22-37-31)27-4-2-3-24(19-27)20-30(32(36)45)44(34(46)26-7-5-23(21-35)6-8-26)29-12-9-25(10-13-29)33-38-40-41-39-33;/h2-4,9-14,19,22-23,26,30H,5-8,15-18,20-21,35H2,1H3,(H2,36,45)(H,38,39,40,41);1H/t23?,26?,30-;/m0./s1. The number of halogens is 1. The summed E-state index contributed by atoms with van der Waals surface area (Å²) in [7, 11) is 2.14. The van der Waals surface area contributed by atoms with E-state index in [1.165, 1.54) is 0 Å². The number of amides is 2. The molecule has 0 unspecified atom stereocenters. The topological polar surface area (TPSA) is 163 Å². The number of primary amides is 1. The van der Waals surface area contributed by atoms with Gasteiger partial charge in [-0.1, -0.05) is 24.3 Å². The number of nitrogens with two attached hydrogens (primary N) is 2. The first kappa shape index (κ1) is 34.0. The van der Waals surface area contributed by atoms with Crippen LogP contribution in [0.2, 0.25) is 0 Å². The van der Waals surface area contributed by atoms with E-state index in [0.29, 0.717) is 24.0 Å². The fraction of sp³-hybridized carbons (Fsp3) is 0.412. The van der Waals surface area contributed by atoms with Gasteiger partial charge in [0, 0.05) is 61.5 Å². The van der Waals surface area contributed by atoms with Crippen LogP contribution in [0.4, 0.5) is 11.5 Å². The molecule has 0 bridgehead atoms. The number of hydrogen-bond acceptors (Lipinski definition) is 9. The van der Waals surface area contributed by atoms with Crippen LogP contribution < -0.4 is 21.3 Å². The van der Waals surface area contributed by atoms with Crippen molar-refractivity contribution in [3.05, 3.63) is 72.4 Å². The molecule has 6 rings (SSSR count). The summed E-state index contributed by atoms with van der Waals surface area (Å²) < 4.78 is 0. The fourth-order valence-electron chi connectivity index (χ4n) is 6.56. The molecule has 3 heterocycles. The van der Waals surface area contributed by atoms with Gasteiger partial charge in [0.25, 0.3) is 0 Å². The van der Waals surface area contributed by atoms with Gasteiger partial charge in [0.2, 0.25) is 17.6 Å². The number of aromatic amines is 1. The van der Waals surface area contributed by atoms with E-state index in [1.54, 1.807) is 4.90 Å². The predicted octanol–water partition coefficient (Wildman–Crippen LogP) is 3.30. The van der Waals surface area contributed by atoms with Gasteiger partial charge in [0.15, 0.2) is 0 Å². The first-order valence-corrected chi connectivity index (χ1v) is 16.0. The third-order valence-corrected chi connectivity index (χ3v) is 9.42. The summed E-state index contributed by atoms with van der Waals surface area (Å²) in [6.07, 6.45) is 5.42. The molecule has 1 saturated carbocycles. The highest BCUT2D eigenvalue weighted by molar-refractivity contribution is 6.01. The molecule has 13 heteroatoms. The van der Waals surface area contributed by atoms with E-state index < -0.39 is 11.9 Å². The third kappa shape index (κ3) is 7.95. The summed E-state index contributed by atoms with van der Waals surface area (Å²) in [4.78, 5) is 38.4. The van der Waals surface area contributed by atoms with E-state index in [2.05, 4.69) is 55.7 Å². The van der Waals surface area contributed by atoms with Gasteiger partial charge >= 0.3 is 0 Å². The smallest absolute Gasteiger partial charge is 0.240 e. The van der Waals surface area contributed by atoms with Crippen molar-refractivity contribution in [2.45, 2.75) is 38.1 Å². The van der Waals surface area contributed by atoms with Crippen molar-refractivity contribution in [3.8, 4) is 22.5 Å². The van der Waals surface area contributed by atoms with E-state index >= 15 is 0 Å². The van der Waals surface area contributed by atoms with Crippen molar-refractivity contribution >= 4 is 35.7 Å². The van der Waals surface area contributed by atoms with Crippen molar-refractivity contribution in [3.63, 3.8) is 0 Å². The lowest BCUT2D eigenvalue weighted by molar-refractivity contribution is -0.127. The van der Waals surface area contributed by atoms with Crippen molar-refractivity contribution in [2.75, 3.05) is 49.6 Å². The second-order valence-corrected chi connectivity index (χ2v) is 12.5. The number of benzene rings is 2. The number of nitrogens with one attached hydrogen (secondary N) is 1. The normalized spacial score (nSPS) is 19.1. The maximum atomic E-state index is 14.2. The quantitative estimate of drug-likeness (QED) is 0.232. The average molecular weight is 659 g/mol. The summed E-state index contributed by atoms with van der Waals surface area (Å²) in [5.74, 6) is 0.978. The van der Waals surface area contributed by atoms with Crippen LogP contribution in [0.5, 0.6) is 0 Å². The van der Waals surface area contributed by atoms with Crippen molar-refractivity contribution in [1.29, 1.82) is 0 Å². The summed E-state index contributed by atoms with van der Waals surface area (Å²) in [6, 6.07) is 18.6. The lowest BCUT2D eigenvalue weighted by Gasteiger charge is -2.35. The Morgan fingerprint density at radius 2 is 1.68 bits per heavy atom. The number of nitrogens with zero attached hydrogens (tertiary/aromatic N) is 7. The second kappa shape index (κ2) is 15.5. The zero-order valence-electron chi connectivity index (χ0n) is 26.7. The highest BCUT2D eigenvalue weighted by Gasteiger charge is 2.36. The molecular formula is C34H43ClN10O2. The van der Waals surface area contributed by atoms with E-state index in [0.717, 1.165) is 79.9 Å². The van der Waals surface area contributed by atoms with Crippen molar-refractivity contribution < 1.29 is 9.59 Å². The van der Waals surface area contributed by atoms with Gasteiger partial charge in [-0.3, -0.25) is 14.5 Å². The number of rotatable bonds is 10. The van der Waals surface area contributed by atoms with Gasteiger partial charge in [-0.15, -0.1) is 22.6 Å². The Balaban J connectivity index is 0.00000433. The lowest BCUT2D eigenvalue weighted by atomic mass is 9.81. The Morgan fingerprint density at radius 3 is 2.30 bits per heavy atom. The van der Waals surface area contributed by atoms with Gasteiger partial charge in [-0.05, 0) is 97.9 Å². The lowest BCUT2D eigenvalue weighted by Crippen LogP contribution is -2.52. The molecular weight excluding hydrogens is 616 g/mol. The minimum Gasteiger partial charge on any atom is -0.368 e. The Labute approximate surface area is 281 Å². The Kier molecular flexibility index (Phi) is 11.2.